The minimum Gasteiger partial charge on any atom is -0.372 e. The van der Waals surface area contributed by atoms with Crippen molar-refractivity contribution in [3.63, 3.8) is 0 Å². The highest BCUT2D eigenvalue weighted by Gasteiger charge is 2.53. The summed E-state index contributed by atoms with van der Waals surface area (Å²) in [7, 11) is 0. The average molecular weight is 905 g/mol. The number of anilines is 3. The van der Waals surface area contributed by atoms with Gasteiger partial charge in [-0.25, -0.2) is 14.8 Å². The number of imide groups is 1. The van der Waals surface area contributed by atoms with Crippen molar-refractivity contribution in [1.82, 2.24) is 45.6 Å². The Morgan fingerprint density at radius 3 is 2.27 bits per heavy atom. The summed E-state index contributed by atoms with van der Waals surface area (Å²) in [5, 5.41) is 9.47. The zero-order chi connectivity index (χ0) is 46.3. The Morgan fingerprint density at radius 1 is 0.879 bits per heavy atom. The van der Waals surface area contributed by atoms with Gasteiger partial charge in [0.1, 0.15) is 17.4 Å². The number of aromatic amines is 1. The number of H-pyrrole nitrogens is 1. The number of benzene rings is 2. The molecule has 3 saturated heterocycles. The molecule has 0 saturated carbocycles. The quantitative estimate of drug-likeness (QED) is 0.119. The molecule has 344 valence electrons. The normalized spacial score (nSPS) is 17.3. The molecule has 3 fully saturated rings. The molecule has 3 aliphatic heterocycles. The number of alkyl halides is 3. The number of amides is 4. The molecule has 66 heavy (non-hydrogen) atoms. The summed E-state index contributed by atoms with van der Waals surface area (Å²) >= 11 is 0. The van der Waals surface area contributed by atoms with Gasteiger partial charge in [-0.1, -0.05) is 17.3 Å². The lowest BCUT2D eigenvalue weighted by molar-refractivity contribution is -0.186. The Bertz CT molecular complexity index is 2740. The third-order valence-corrected chi connectivity index (χ3v) is 13.1. The lowest BCUT2D eigenvalue weighted by Crippen LogP contribution is -2.49. The number of hydrogen-bond donors (Lipinski definition) is 3. The Labute approximate surface area is 379 Å². The first-order valence-corrected chi connectivity index (χ1v) is 22.2. The maximum absolute atomic E-state index is 13.5. The molecule has 0 unspecified atom stereocenters. The van der Waals surface area contributed by atoms with Gasteiger partial charge in [-0.2, -0.15) is 18.2 Å². The summed E-state index contributed by atoms with van der Waals surface area (Å²) in [6.45, 7) is 12.8. The van der Waals surface area contributed by atoms with E-state index in [1.54, 1.807) is 11.8 Å². The van der Waals surface area contributed by atoms with Crippen LogP contribution in [0.2, 0.25) is 0 Å². The summed E-state index contributed by atoms with van der Waals surface area (Å²) in [6.07, 6.45) is 1.36. The minimum absolute atomic E-state index is 0.233. The van der Waals surface area contributed by atoms with E-state index in [-0.39, 0.29) is 11.9 Å². The van der Waals surface area contributed by atoms with Gasteiger partial charge in [-0.3, -0.25) is 29.7 Å². The second-order valence-corrected chi connectivity index (χ2v) is 17.9. The number of nitrogens with one attached hydrogen (secondary N) is 3. The minimum atomic E-state index is -4.64. The van der Waals surface area contributed by atoms with E-state index in [9.17, 15) is 27.6 Å². The van der Waals surface area contributed by atoms with Crippen LogP contribution in [0.25, 0.3) is 33.7 Å². The number of nitrogens with zero attached hydrogens (tertiary/aromatic N) is 9. The van der Waals surface area contributed by atoms with Crippen molar-refractivity contribution < 1.29 is 32.1 Å². The van der Waals surface area contributed by atoms with Crippen LogP contribution in [-0.2, 0) is 10.2 Å². The van der Waals surface area contributed by atoms with Crippen LogP contribution in [0, 0.1) is 12.8 Å². The standard InChI is InChI=1S/C47H51F3N12O4/c1-28-23-31(5-11-35(28)29(2)54-43(64)42-57-44(66-58-42)46(3,4)47(48,49)50)40-36-24-38(55-41(36)53-27-52-40)37-12-10-34(25-51-37)61-21-19-59(20-22-61)26-30-13-16-60(17-14-30)32-6-8-33(9-7-32)62-18-15-39(63)56-45(62)65/h5-12,23-25,27,29-30H,13-22,26H2,1-4H3,(H,54,64)(H,52,53,55)(H,56,63,65)/t29-/m1/s1. The van der Waals surface area contributed by atoms with Crippen molar-refractivity contribution in [1.29, 1.82) is 0 Å². The molecule has 0 aliphatic carbocycles. The molecule has 0 radical (unpaired) electrons. The Hall–Kier alpha value is -6.89. The van der Waals surface area contributed by atoms with Crippen LogP contribution in [0.4, 0.5) is 35.0 Å². The fourth-order valence-electron chi connectivity index (χ4n) is 8.96. The van der Waals surface area contributed by atoms with Gasteiger partial charge in [0.15, 0.2) is 0 Å². The molecule has 16 nitrogen and oxygen atoms in total. The van der Waals surface area contributed by atoms with Gasteiger partial charge in [0, 0.05) is 81.1 Å². The van der Waals surface area contributed by atoms with Crippen LogP contribution < -0.4 is 25.3 Å². The van der Waals surface area contributed by atoms with Crippen molar-refractivity contribution in [3.05, 3.63) is 96.0 Å². The van der Waals surface area contributed by atoms with Gasteiger partial charge in [-0.15, -0.1) is 0 Å². The molecule has 3 N–H and O–H groups in total. The second-order valence-electron chi connectivity index (χ2n) is 17.9. The van der Waals surface area contributed by atoms with E-state index in [1.165, 1.54) is 6.33 Å². The monoisotopic (exact) mass is 904 g/mol. The van der Waals surface area contributed by atoms with E-state index in [1.807, 2.05) is 55.6 Å². The topological polar surface area (TPSA) is 182 Å². The first-order chi connectivity index (χ1) is 31.6. The van der Waals surface area contributed by atoms with Crippen LogP contribution in [0.5, 0.6) is 0 Å². The Morgan fingerprint density at radius 2 is 1.59 bits per heavy atom. The number of carbonyl (C=O) groups is 3. The predicted octanol–water partition coefficient (Wildman–Crippen LogP) is 7.19. The Kier molecular flexibility index (Phi) is 12.0. The molecule has 7 heterocycles. The van der Waals surface area contributed by atoms with Crippen LogP contribution in [0.1, 0.15) is 73.7 Å². The first-order valence-electron chi connectivity index (χ1n) is 22.2. The van der Waals surface area contributed by atoms with E-state index in [4.69, 9.17) is 9.51 Å². The molecule has 3 aliphatic rings. The second kappa shape index (κ2) is 17.8. The number of fused-ring (bicyclic) bond motifs is 1. The summed E-state index contributed by atoms with van der Waals surface area (Å²) in [6, 6.07) is 19.1. The lowest BCUT2D eigenvalue weighted by atomic mass is 9.93. The van der Waals surface area contributed by atoms with Gasteiger partial charge in [0.25, 0.3) is 11.7 Å². The number of carbonyl (C=O) groups excluding carboxylic acids is 3. The zero-order valence-corrected chi connectivity index (χ0v) is 37.2. The van der Waals surface area contributed by atoms with Crippen molar-refractivity contribution in [2.45, 2.75) is 64.6 Å². The zero-order valence-electron chi connectivity index (χ0n) is 37.2. The fourth-order valence-corrected chi connectivity index (χ4v) is 8.96. The van der Waals surface area contributed by atoms with Crippen molar-refractivity contribution in [2.75, 3.05) is 67.1 Å². The molecular weight excluding hydrogens is 854 g/mol. The van der Waals surface area contributed by atoms with Crippen molar-refractivity contribution in [3.8, 4) is 22.6 Å². The summed E-state index contributed by atoms with van der Waals surface area (Å²) in [5.74, 6) is -1.51. The molecule has 19 heteroatoms. The van der Waals surface area contributed by atoms with Gasteiger partial charge in [-0.05, 0) is 106 Å². The van der Waals surface area contributed by atoms with Gasteiger partial charge in [0.05, 0.1) is 35.0 Å². The number of halogens is 3. The largest absolute Gasteiger partial charge is 0.402 e. The highest BCUT2D eigenvalue weighted by atomic mass is 19.4. The molecular formula is C47H51F3N12O4. The molecule has 0 spiro atoms. The number of aromatic nitrogens is 6. The number of rotatable bonds is 11. The number of pyridine rings is 1. The molecule has 6 aromatic rings. The number of piperazine rings is 1. The molecule has 1 atom stereocenters. The SMILES string of the molecule is Cc1cc(-c2ncnc3[nH]c(-c4ccc(N5CCN(CC6CCN(c7ccc(N8CCC(=O)NC8=O)cc7)CC6)CC5)cn4)cc23)ccc1[C@@H](C)NC(=O)c1noc(C(C)(C)C(F)(F)F)n1. The van der Waals surface area contributed by atoms with E-state index in [2.05, 4.69) is 68.6 Å². The number of hydrogen-bond acceptors (Lipinski definition) is 12. The molecule has 2 aromatic carbocycles. The Balaban J connectivity index is 0.769. The van der Waals surface area contributed by atoms with E-state index in [0.717, 1.165) is 129 Å². The first kappa shape index (κ1) is 44.3. The van der Waals surface area contributed by atoms with E-state index >= 15 is 0 Å². The molecule has 9 rings (SSSR count). The lowest BCUT2D eigenvalue weighted by Gasteiger charge is -2.40. The van der Waals surface area contributed by atoms with Crippen LogP contribution >= 0.6 is 0 Å². The summed E-state index contributed by atoms with van der Waals surface area (Å²) < 4.78 is 45.3. The third kappa shape index (κ3) is 9.03. The molecule has 0 bridgehead atoms. The van der Waals surface area contributed by atoms with E-state index in [0.29, 0.717) is 24.5 Å². The number of piperidine rings is 1. The van der Waals surface area contributed by atoms with Gasteiger partial charge >= 0.3 is 12.2 Å². The van der Waals surface area contributed by atoms with Crippen molar-refractivity contribution >= 4 is 45.9 Å². The highest BCUT2D eigenvalue weighted by Crippen LogP contribution is 2.40. The smallest absolute Gasteiger partial charge is 0.372 e. The number of aryl methyl sites for hydroxylation is 1. The van der Waals surface area contributed by atoms with Gasteiger partial charge in [0.2, 0.25) is 11.8 Å². The van der Waals surface area contributed by atoms with E-state index < -0.39 is 35.3 Å². The van der Waals surface area contributed by atoms with Crippen LogP contribution in [-0.4, -0.2) is 111 Å². The predicted molar refractivity (Wildman–Crippen MR) is 242 cm³/mol. The maximum Gasteiger partial charge on any atom is 0.402 e. The summed E-state index contributed by atoms with van der Waals surface area (Å²) in [5.41, 5.74) is 6.09. The van der Waals surface area contributed by atoms with Gasteiger partial charge < -0.3 is 24.6 Å². The highest BCUT2D eigenvalue weighted by molar-refractivity contribution is 6.05. The number of urea groups is 1. The third-order valence-electron chi connectivity index (χ3n) is 13.1. The molecule has 4 aromatic heterocycles. The summed E-state index contributed by atoms with van der Waals surface area (Å²) in [4.78, 5) is 66.8. The van der Waals surface area contributed by atoms with Crippen LogP contribution in [0.15, 0.2) is 77.7 Å². The fraction of sp³-hybridized carbons (Fsp3) is 0.404. The maximum atomic E-state index is 13.5. The molecule has 4 amide bonds. The van der Waals surface area contributed by atoms with Crippen LogP contribution in [0.3, 0.4) is 0 Å². The average Bonchev–Trinajstić information content (AvgIpc) is 3.99. The van der Waals surface area contributed by atoms with Crippen molar-refractivity contribution in [2.24, 2.45) is 5.92 Å².